The average Bonchev–Trinajstić information content (AvgIpc) is 2.80. The highest BCUT2D eigenvalue weighted by Gasteiger charge is 2.26. The molecule has 1 saturated carbocycles. The fraction of sp³-hybridized carbons (Fsp3) is 0.636. The lowest BCUT2D eigenvalue weighted by atomic mass is 10.1. The molecule has 1 nitrogen and oxygen atoms in total. The van der Waals surface area contributed by atoms with Crippen molar-refractivity contribution in [1.29, 1.82) is 0 Å². The Hall–Kier alpha value is -0.340. The van der Waals surface area contributed by atoms with E-state index < -0.39 is 0 Å². The number of hydrogen-bond donors (Lipinski definition) is 1. The first-order chi connectivity index (χ1) is 6.40. The maximum Gasteiger partial charge on any atom is 0.0417 e. The summed E-state index contributed by atoms with van der Waals surface area (Å²) in [5.74, 6) is 1.01. The molecule has 13 heavy (non-hydrogen) atoms. The van der Waals surface area contributed by atoms with Gasteiger partial charge >= 0.3 is 0 Å². The number of rotatable bonds is 5. The Bertz CT molecular complexity index is 239. The zero-order valence-electron chi connectivity index (χ0n) is 8.12. The summed E-state index contributed by atoms with van der Waals surface area (Å²) >= 11 is 1.88. The molecular weight excluding hydrogens is 178 g/mol. The molecule has 0 spiro atoms. The van der Waals surface area contributed by atoms with E-state index in [1.807, 2.05) is 11.3 Å². The van der Waals surface area contributed by atoms with Crippen LogP contribution in [0.2, 0.25) is 0 Å². The molecular formula is C11H17NS. The van der Waals surface area contributed by atoms with E-state index in [1.165, 1.54) is 24.1 Å². The highest BCUT2D eigenvalue weighted by Crippen LogP contribution is 2.38. The van der Waals surface area contributed by atoms with Gasteiger partial charge in [0, 0.05) is 10.9 Å². The third-order valence-electron chi connectivity index (χ3n) is 2.60. The van der Waals surface area contributed by atoms with E-state index >= 15 is 0 Å². The monoisotopic (exact) mass is 195 g/mol. The summed E-state index contributed by atoms with van der Waals surface area (Å²) in [5, 5.41) is 5.74. The first-order valence-corrected chi connectivity index (χ1v) is 6.05. The molecule has 2 rings (SSSR count). The van der Waals surface area contributed by atoms with Gasteiger partial charge in [-0.1, -0.05) is 25.8 Å². The second kappa shape index (κ2) is 4.25. The summed E-state index contributed by atoms with van der Waals surface area (Å²) in [6.07, 6.45) is 4.24. The molecule has 1 aromatic rings. The van der Waals surface area contributed by atoms with Gasteiger partial charge in [-0.15, -0.1) is 11.3 Å². The molecule has 0 aliphatic heterocycles. The van der Waals surface area contributed by atoms with Crippen LogP contribution in [0, 0.1) is 5.92 Å². The highest BCUT2D eigenvalue weighted by molar-refractivity contribution is 7.10. The van der Waals surface area contributed by atoms with Gasteiger partial charge < -0.3 is 5.32 Å². The molecule has 1 atom stereocenters. The van der Waals surface area contributed by atoms with Crippen molar-refractivity contribution in [3.05, 3.63) is 22.4 Å². The Morgan fingerprint density at radius 1 is 1.62 bits per heavy atom. The van der Waals surface area contributed by atoms with Crippen molar-refractivity contribution in [3.63, 3.8) is 0 Å². The molecule has 0 saturated heterocycles. The number of nitrogens with one attached hydrogen (secondary N) is 1. The van der Waals surface area contributed by atoms with Crippen LogP contribution in [0.15, 0.2) is 17.5 Å². The normalized spacial score (nSPS) is 18.8. The Kier molecular flexibility index (Phi) is 3.01. The van der Waals surface area contributed by atoms with Crippen LogP contribution in [0.3, 0.4) is 0 Å². The van der Waals surface area contributed by atoms with Gasteiger partial charge in [-0.2, -0.15) is 0 Å². The van der Waals surface area contributed by atoms with E-state index in [-0.39, 0.29) is 0 Å². The van der Waals surface area contributed by atoms with Gasteiger partial charge in [0.1, 0.15) is 0 Å². The van der Waals surface area contributed by atoms with Crippen molar-refractivity contribution >= 4 is 11.3 Å². The fourth-order valence-corrected chi connectivity index (χ4v) is 2.54. The topological polar surface area (TPSA) is 12.0 Å². The summed E-state index contributed by atoms with van der Waals surface area (Å²) in [6, 6.07) is 5.02. The Balaban J connectivity index is 1.95. The van der Waals surface area contributed by atoms with Gasteiger partial charge in [0.15, 0.2) is 0 Å². The van der Waals surface area contributed by atoms with E-state index in [9.17, 15) is 0 Å². The molecule has 0 amide bonds. The molecule has 1 aromatic heterocycles. The summed E-state index contributed by atoms with van der Waals surface area (Å²) in [6.45, 7) is 3.27. The summed E-state index contributed by atoms with van der Waals surface area (Å²) in [7, 11) is 0. The van der Waals surface area contributed by atoms with Gasteiger partial charge in [-0.25, -0.2) is 0 Å². The van der Waals surface area contributed by atoms with E-state index in [0.29, 0.717) is 6.04 Å². The Morgan fingerprint density at radius 3 is 3.00 bits per heavy atom. The summed E-state index contributed by atoms with van der Waals surface area (Å²) in [5.41, 5.74) is 0. The third-order valence-corrected chi connectivity index (χ3v) is 3.59. The van der Waals surface area contributed by atoms with Crippen LogP contribution in [-0.2, 0) is 0 Å². The van der Waals surface area contributed by atoms with Crippen LogP contribution in [0.25, 0.3) is 0 Å². The van der Waals surface area contributed by atoms with E-state index in [1.54, 1.807) is 0 Å². The average molecular weight is 195 g/mol. The second-order valence-corrected chi connectivity index (χ2v) is 4.78. The van der Waals surface area contributed by atoms with Crippen molar-refractivity contribution in [2.75, 3.05) is 6.54 Å². The SMILES string of the molecule is CCNC(CC1CC1)c1cccs1. The fourth-order valence-electron chi connectivity index (χ4n) is 1.72. The minimum atomic E-state index is 0.623. The van der Waals surface area contributed by atoms with E-state index in [4.69, 9.17) is 0 Å². The first kappa shape index (κ1) is 9.22. The number of hydrogen-bond acceptors (Lipinski definition) is 2. The lowest BCUT2D eigenvalue weighted by Gasteiger charge is -2.15. The molecule has 0 aromatic carbocycles. The van der Waals surface area contributed by atoms with Crippen molar-refractivity contribution < 1.29 is 0 Å². The van der Waals surface area contributed by atoms with Gasteiger partial charge in [-0.05, 0) is 30.3 Å². The van der Waals surface area contributed by atoms with Crippen LogP contribution in [0.5, 0.6) is 0 Å². The predicted octanol–water partition coefficient (Wildman–Crippen LogP) is 3.20. The largest absolute Gasteiger partial charge is 0.310 e. The second-order valence-electron chi connectivity index (χ2n) is 3.80. The molecule has 1 fully saturated rings. The van der Waals surface area contributed by atoms with Gasteiger partial charge in [0.05, 0.1) is 0 Å². The van der Waals surface area contributed by atoms with Crippen molar-refractivity contribution in [2.24, 2.45) is 5.92 Å². The zero-order chi connectivity index (χ0) is 9.10. The standard InChI is InChI=1S/C11H17NS/c1-2-12-10(8-9-5-6-9)11-4-3-7-13-11/h3-4,7,9-10,12H,2,5-6,8H2,1H3. The highest BCUT2D eigenvalue weighted by atomic mass is 32.1. The van der Waals surface area contributed by atoms with Gasteiger partial charge in [0.2, 0.25) is 0 Å². The smallest absolute Gasteiger partial charge is 0.0417 e. The quantitative estimate of drug-likeness (QED) is 0.761. The molecule has 72 valence electrons. The Morgan fingerprint density at radius 2 is 2.46 bits per heavy atom. The van der Waals surface area contributed by atoms with Crippen molar-refractivity contribution in [3.8, 4) is 0 Å². The van der Waals surface area contributed by atoms with Crippen LogP contribution in [-0.4, -0.2) is 6.54 Å². The maximum absolute atomic E-state index is 3.57. The summed E-state index contributed by atoms with van der Waals surface area (Å²) < 4.78 is 0. The molecule has 2 heteroatoms. The summed E-state index contributed by atoms with van der Waals surface area (Å²) in [4.78, 5) is 1.51. The van der Waals surface area contributed by atoms with Crippen LogP contribution < -0.4 is 5.32 Å². The molecule has 0 radical (unpaired) electrons. The third kappa shape index (κ3) is 2.55. The van der Waals surface area contributed by atoms with Gasteiger partial charge in [0.25, 0.3) is 0 Å². The first-order valence-electron chi connectivity index (χ1n) is 5.17. The van der Waals surface area contributed by atoms with Crippen molar-refractivity contribution in [1.82, 2.24) is 5.32 Å². The predicted molar refractivity (Wildman–Crippen MR) is 58.1 cm³/mol. The van der Waals surface area contributed by atoms with E-state index in [2.05, 4.69) is 29.8 Å². The molecule has 1 unspecified atom stereocenters. The van der Waals surface area contributed by atoms with Gasteiger partial charge in [-0.3, -0.25) is 0 Å². The molecule has 1 N–H and O–H groups in total. The zero-order valence-corrected chi connectivity index (χ0v) is 8.94. The lowest BCUT2D eigenvalue weighted by molar-refractivity contribution is 0.493. The van der Waals surface area contributed by atoms with Crippen LogP contribution in [0.1, 0.15) is 37.1 Å². The van der Waals surface area contributed by atoms with Crippen LogP contribution in [0.4, 0.5) is 0 Å². The molecule has 1 heterocycles. The molecule has 1 aliphatic rings. The maximum atomic E-state index is 3.57. The molecule has 1 aliphatic carbocycles. The Labute approximate surface area is 84.2 Å². The molecule has 0 bridgehead atoms. The minimum Gasteiger partial charge on any atom is -0.310 e. The van der Waals surface area contributed by atoms with Crippen molar-refractivity contribution in [2.45, 2.75) is 32.2 Å². The lowest BCUT2D eigenvalue weighted by Crippen LogP contribution is -2.20. The number of thiophene rings is 1. The van der Waals surface area contributed by atoms with E-state index in [0.717, 1.165) is 12.5 Å². The minimum absolute atomic E-state index is 0.623. The van der Waals surface area contributed by atoms with Crippen LogP contribution >= 0.6 is 11.3 Å².